The first-order chi connectivity index (χ1) is 43.1. The molecule has 9 amide bonds. The average molecular weight is 1280 g/mol. The van der Waals surface area contributed by atoms with Crippen LogP contribution in [0.2, 0.25) is 0 Å². The van der Waals surface area contributed by atoms with Crippen LogP contribution in [-0.2, 0) is 43.2 Å². The second-order valence-corrected chi connectivity index (χ2v) is 25.1. The van der Waals surface area contributed by atoms with Crippen molar-refractivity contribution < 1.29 is 48.3 Å². The number of hydrogen-bond acceptors (Lipinski definition) is 15. The van der Waals surface area contributed by atoms with Crippen LogP contribution in [0.1, 0.15) is 265 Å². The highest BCUT2D eigenvalue weighted by Gasteiger charge is 2.34. The molecule has 19 N–H and O–H groups in total. The van der Waals surface area contributed by atoms with Gasteiger partial charge >= 0.3 is 0 Å². The minimum atomic E-state index is -1.60. The number of unbranched alkanes of at least 4 members (excludes halogenated alkanes) is 25. The zero-order chi connectivity index (χ0) is 66.1. The van der Waals surface area contributed by atoms with E-state index in [1.807, 2.05) is 0 Å². The van der Waals surface area contributed by atoms with Crippen LogP contribution in [0.3, 0.4) is 0 Å². The molecule has 0 aliphatic carbocycles. The number of primary amides is 1. The standard InChI is InChI=1S/C65H127N13O10S/c1-4-7-10-13-14-15-16-17-18-19-20-21-24-35-46-71-60(83)55(72-57(80)40-25-22-11-8-5-2)48-89-49-56(73-58(81)41-26-23-12-9-6-3)65(88)78-54(47-79)64(87)77-53(39-30-34-45-69)63(86)76-52(38-29-33-44-68)62(85)75-51(37-28-32-43-67)61(84)74-50(59(70)82)36-27-31-42-66/h50-56,79H,4-49,66-69H2,1-3H3,(H2,70,82)(H,71,83)(H,72,80)(H,73,81)(H,74,84)(H,75,85)(H,76,86)(H,77,87)(H,78,88)/t50-,51-,52-,53-,54-,55-,56-/m0/s1. The van der Waals surface area contributed by atoms with Gasteiger partial charge in [-0.05, 0) is 122 Å². The largest absolute Gasteiger partial charge is 0.394 e. The lowest BCUT2D eigenvalue weighted by Crippen LogP contribution is -2.60. The second-order valence-electron chi connectivity index (χ2n) is 24.0. The Labute approximate surface area is 540 Å². The number of aliphatic hydroxyl groups excluding tert-OH is 1. The first-order valence-corrected chi connectivity index (χ1v) is 35.9. The molecule has 0 saturated heterocycles. The Morgan fingerprint density at radius 1 is 0.326 bits per heavy atom. The molecule has 0 aliphatic rings. The minimum Gasteiger partial charge on any atom is -0.394 e. The number of aliphatic hydroxyl groups is 1. The zero-order valence-electron chi connectivity index (χ0n) is 55.5. The van der Waals surface area contributed by atoms with Crippen LogP contribution < -0.4 is 71.2 Å². The van der Waals surface area contributed by atoms with Gasteiger partial charge in [0.2, 0.25) is 53.2 Å². The Bertz CT molecular complexity index is 1890. The first kappa shape index (κ1) is 84.4. The molecule has 0 saturated carbocycles. The number of thioether (sulfide) groups is 1. The summed E-state index contributed by atoms with van der Waals surface area (Å²) in [6, 6.07) is -8.42. The van der Waals surface area contributed by atoms with Crippen molar-refractivity contribution in [1.82, 2.24) is 42.5 Å². The van der Waals surface area contributed by atoms with Gasteiger partial charge in [-0.1, -0.05) is 156 Å². The molecule has 0 heterocycles. The van der Waals surface area contributed by atoms with Gasteiger partial charge < -0.3 is 76.3 Å². The number of hydrogen-bond donors (Lipinski definition) is 14. The fourth-order valence-electron chi connectivity index (χ4n) is 10.3. The van der Waals surface area contributed by atoms with E-state index in [9.17, 15) is 48.3 Å². The van der Waals surface area contributed by atoms with E-state index in [1.165, 1.54) is 76.0 Å². The third-order valence-electron chi connectivity index (χ3n) is 15.9. The fourth-order valence-corrected chi connectivity index (χ4v) is 11.3. The lowest BCUT2D eigenvalue weighted by molar-refractivity contribution is -0.136. The molecule has 0 fully saturated rings. The molecule has 0 aromatic carbocycles. The van der Waals surface area contributed by atoms with Crippen LogP contribution in [0.15, 0.2) is 0 Å². The van der Waals surface area contributed by atoms with E-state index in [4.69, 9.17) is 28.7 Å². The molecular formula is C65H127N13O10S. The third-order valence-corrected chi connectivity index (χ3v) is 17.0. The topological polar surface area (TPSA) is 400 Å². The van der Waals surface area contributed by atoms with Gasteiger partial charge in [-0.25, -0.2) is 0 Å². The van der Waals surface area contributed by atoms with Crippen molar-refractivity contribution in [2.24, 2.45) is 28.7 Å². The van der Waals surface area contributed by atoms with Crippen molar-refractivity contribution >= 4 is 64.9 Å². The van der Waals surface area contributed by atoms with Crippen LogP contribution in [0.5, 0.6) is 0 Å². The summed E-state index contributed by atoms with van der Waals surface area (Å²) in [5, 5.41) is 32.8. The molecule has 0 unspecified atom stereocenters. The maximum absolute atomic E-state index is 14.3. The summed E-state index contributed by atoms with van der Waals surface area (Å²) in [7, 11) is 0. The number of carbonyl (C=O) groups is 9. The molecule has 0 rings (SSSR count). The SMILES string of the molecule is CCCCCCCCCCCCCCCCNC(=O)[C@H](CSC[C@H](NC(=O)CCCCCCC)C(=O)N[C@@H](CO)C(=O)N[C@@H](CCCCN)C(=O)N[C@@H](CCCCN)C(=O)N[C@@H](CCCCN)C(=O)N[C@@H](CCCCN)C(N)=O)NC(=O)CCCCCCC. The van der Waals surface area contributed by atoms with Gasteiger partial charge in [0, 0.05) is 30.9 Å². The molecule has 0 bridgehead atoms. The Balaban J connectivity index is 6.44. The van der Waals surface area contributed by atoms with Crippen LogP contribution in [0, 0.1) is 0 Å². The highest BCUT2D eigenvalue weighted by atomic mass is 32.2. The van der Waals surface area contributed by atoms with E-state index in [0.29, 0.717) is 90.4 Å². The number of carbonyl (C=O) groups excluding carboxylic acids is 9. The number of nitrogens with two attached hydrogens (primary N) is 5. The maximum Gasteiger partial charge on any atom is 0.245 e. The molecule has 0 aromatic rings. The van der Waals surface area contributed by atoms with Gasteiger partial charge in [-0.2, -0.15) is 11.8 Å². The summed E-state index contributed by atoms with van der Waals surface area (Å²) in [6.45, 7) is 7.30. The molecular weight excluding hydrogens is 1150 g/mol. The van der Waals surface area contributed by atoms with Gasteiger partial charge in [0.25, 0.3) is 0 Å². The van der Waals surface area contributed by atoms with Crippen molar-refractivity contribution in [3.8, 4) is 0 Å². The van der Waals surface area contributed by atoms with Crippen molar-refractivity contribution in [3.63, 3.8) is 0 Å². The highest BCUT2D eigenvalue weighted by molar-refractivity contribution is 7.99. The molecule has 89 heavy (non-hydrogen) atoms. The van der Waals surface area contributed by atoms with Crippen molar-refractivity contribution in [1.29, 1.82) is 0 Å². The average Bonchev–Trinajstić information content (AvgIpc) is 3.70. The third kappa shape index (κ3) is 45.3. The zero-order valence-corrected chi connectivity index (χ0v) is 56.3. The summed E-state index contributed by atoms with van der Waals surface area (Å²) < 4.78 is 0. The van der Waals surface area contributed by atoms with Crippen LogP contribution in [0.4, 0.5) is 0 Å². The number of nitrogens with one attached hydrogen (secondary N) is 8. The summed E-state index contributed by atoms with van der Waals surface area (Å²) in [4.78, 5) is 123. The van der Waals surface area contributed by atoms with Crippen molar-refractivity contribution in [3.05, 3.63) is 0 Å². The van der Waals surface area contributed by atoms with E-state index in [-0.39, 0.29) is 68.4 Å². The predicted octanol–water partition coefficient (Wildman–Crippen LogP) is 5.43. The van der Waals surface area contributed by atoms with E-state index in [0.717, 1.165) is 77.0 Å². The lowest BCUT2D eigenvalue weighted by Gasteiger charge is -2.27. The Morgan fingerprint density at radius 2 is 0.607 bits per heavy atom. The Morgan fingerprint density at radius 3 is 0.944 bits per heavy atom. The molecule has 0 spiro atoms. The van der Waals surface area contributed by atoms with Gasteiger partial charge in [-0.15, -0.1) is 0 Å². The first-order valence-electron chi connectivity index (χ1n) is 34.7. The van der Waals surface area contributed by atoms with Crippen molar-refractivity contribution in [2.45, 2.75) is 307 Å². The van der Waals surface area contributed by atoms with E-state index >= 15 is 0 Å². The summed E-state index contributed by atoms with van der Waals surface area (Å²) >= 11 is 1.18. The van der Waals surface area contributed by atoms with Gasteiger partial charge in [-0.3, -0.25) is 43.2 Å². The monoisotopic (exact) mass is 1280 g/mol. The van der Waals surface area contributed by atoms with Gasteiger partial charge in [0.05, 0.1) is 6.61 Å². The summed E-state index contributed by atoms with van der Waals surface area (Å²) in [5.41, 5.74) is 28.6. The number of rotatable bonds is 62. The second kappa shape index (κ2) is 58.5. The summed E-state index contributed by atoms with van der Waals surface area (Å²) in [6.07, 6.45) is 30.9. The van der Waals surface area contributed by atoms with Crippen LogP contribution in [-0.4, -0.2) is 151 Å². The normalized spacial score (nSPS) is 13.6. The van der Waals surface area contributed by atoms with E-state index in [1.54, 1.807) is 0 Å². The molecule has 0 aliphatic heterocycles. The van der Waals surface area contributed by atoms with E-state index in [2.05, 4.69) is 63.3 Å². The Kier molecular flexibility index (Phi) is 55.4. The fraction of sp³-hybridized carbons (Fsp3) is 0.862. The quantitative estimate of drug-likeness (QED) is 0.0338. The lowest BCUT2D eigenvalue weighted by atomic mass is 10.0. The minimum absolute atomic E-state index is 0.0535. The molecule has 7 atom stereocenters. The molecule has 0 aromatic heterocycles. The smallest absolute Gasteiger partial charge is 0.245 e. The molecule has 0 radical (unpaired) electrons. The summed E-state index contributed by atoms with van der Waals surface area (Å²) in [5.74, 6) is -5.55. The molecule has 24 heteroatoms. The van der Waals surface area contributed by atoms with Crippen molar-refractivity contribution in [2.75, 3.05) is 50.8 Å². The predicted molar refractivity (Wildman–Crippen MR) is 359 cm³/mol. The van der Waals surface area contributed by atoms with Gasteiger partial charge in [0.1, 0.15) is 42.3 Å². The molecule has 23 nitrogen and oxygen atoms in total. The molecule has 518 valence electrons. The van der Waals surface area contributed by atoms with E-state index < -0.39 is 90.3 Å². The maximum atomic E-state index is 14.3. The highest BCUT2D eigenvalue weighted by Crippen LogP contribution is 2.16. The van der Waals surface area contributed by atoms with Crippen LogP contribution >= 0.6 is 11.8 Å². The number of amides is 9. The van der Waals surface area contributed by atoms with Gasteiger partial charge in [0.15, 0.2) is 0 Å². The van der Waals surface area contributed by atoms with Crippen LogP contribution in [0.25, 0.3) is 0 Å². The Hall–Kier alpha value is -4.62.